The van der Waals surface area contributed by atoms with E-state index in [1.807, 2.05) is 0 Å². The molecule has 0 unspecified atom stereocenters. The van der Waals surface area contributed by atoms with Crippen molar-refractivity contribution < 1.29 is 44.1 Å². The van der Waals surface area contributed by atoms with E-state index in [9.17, 15) is 39.9 Å². The maximum Gasteiger partial charge on any atom is 0.534 e. The highest BCUT2D eigenvalue weighted by molar-refractivity contribution is 7.89. The predicted molar refractivity (Wildman–Crippen MR) is 113 cm³/mol. The van der Waals surface area contributed by atoms with Crippen molar-refractivity contribution in [1.82, 2.24) is 4.31 Å². The summed E-state index contributed by atoms with van der Waals surface area (Å²) in [5.74, 6) is -2.21. The van der Waals surface area contributed by atoms with Crippen LogP contribution in [-0.2, 0) is 20.1 Å². The van der Waals surface area contributed by atoms with Gasteiger partial charge in [-0.05, 0) is 37.6 Å². The fourth-order valence-electron chi connectivity index (χ4n) is 4.01. The Labute approximate surface area is 193 Å². The van der Waals surface area contributed by atoms with Gasteiger partial charge in [0.15, 0.2) is 5.75 Å². The van der Waals surface area contributed by atoms with Crippen LogP contribution in [0.4, 0.5) is 18.9 Å². The number of nitrogens with zero attached hydrogens (tertiary/aromatic N) is 2. The van der Waals surface area contributed by atoms with Crippen molar-refractivity contribution in [3.8, 4) is 5.75 Å². The lowest BCUT2D eigenvalue weighted by atomic mass is 10.1. The Kier molecular flexibility index (Phi) is 5.81. The van der Waals surface area contributed by atoms with E-state index in [-0.39, 0.29) is 23.5 Å². The van der Waals surface area contributed by atoms with Gasteiger partial charge in [-0.3, -0.25) is 4.79 Å². The number of rotatable bonds is 4. The van der Waals surface area contributed by atoms with Crippen molar-refractivity contribution in [2.75, 3.05) is 18.0 Å². The van der Waals surface area contributed by atoms with Crippen molar-refractivity contribution in [2.45, 2.75) is 35.9 Å². The molecule has 0 aromatic heterocycles. The molecule has 1 fully saturated rings. The van der Waals surface area contributed by atoms with Gasteiger partial charge in [0.25, 0.3) is 15.9 Å². The van der Waals surface area contributed by atoms with Crippen molar-refractivity contribution in [2.24, 2.45) is 0 Å². The molecular weight excluding hydrogens is 501 g/mol. The summed E-state index contributed by atoms with van der Waals surface area (Å²) in [6, 6.07) is 8.23. The molecule has 4 rings (SSSR count). The topological polar surface area (TPSA) is 121 Å². The van der Waals surface area contributed by atoms with Crippen LogP contribution in [0.3, 0.4) is 0 Å². The number of hydrogen-bond acceptors (Lipinski definition) is 8. The number of aryl methyl sites for hydroxylation is 1. The first-order chi connectivity index (χ1) is 15.7. The summed E-state index contributed by atoms with van der Waals surface area (Å²) in [5.41, 5.74) is -5.72. The van der Waals surface area contributed by atoms with Gasteiger partial charge in [0.2, 0.25) is 0 Å². The average Bonchev–Trinajstić information content (AvgIpc) is 3.05. The fraction of sp³-hybridized carbons (Fsp3) is 0.350. The minimum atomic E-state index is -6.15. The Bertz CT molecular complexity index is 1340. The first-order valence-electron chi connectivity index (χ1n) is 9.94. The zero-order chi connectivity index (χ0) is 25.1. The van der Waals surface area contributed by atoms with Gasteiger partial charge in [-0.2, -0.15) is 21.6 Å². The second-order valence-corrected chi connectivity index (χ2v) is 11.4. The van der Waals surface area contributed by atoms with E-state index in [0.29, 0.717) is 4.31 Å². The van der Waals surface area contributed by atoms with Gasteiger partial charge in [0.1, 0.15) is 5.56 Å². The Hall–Kier alpha value is -2.84. The molecular formula is C20H19F3N2O7S2. The summed E-state index contributed by atoms with van der Waals surface area (Å²) >= 11 is 0. The smallest absolute Gasteiger partial charge is 0.391 e. The normalized spacial score (nSPS) is 21.1. The van der Waals surface area contributed by atoms with Crippen molar-refractivity contribution in [3.05, 3.63) is 53.6 Å². The number of fused-ring (bicyclic) bond motifs is 3. The second-order valence-electron chi connectivity index (χ2n) is 7.98. The molecule has 2 aromatic rings. The Morgan fingerprint density at radius 1 is 1.03 bits per heavy atom. The molecule has 2 heterocycles. The van der Waals surface area contributed by atoms with Crippen molar-refractivity contribution >= 4 is 31.7 Å². The number of hydrogen-bond donors (Lipinski definition) is 1. The van der Waals surface area contributed by atoms with Crippen LogP contribution in [0.1, 0.15) is 22.3 Å². The lowest BCUT2D eigenvalue weighted by Gasteiger charge is -2.26. The summed E-state index contributed by atoms with van der Waals surface area (Å²) in [5, 5.41) is 10.2. The van der Waals surface area contributed by atoms with Crippen LogP contribution >= 0.6 is 0 Å². The summed E-state index contributed by atoms with van der Waals surface area (Å²) in [4.78, 5) is 14.7. The summed E-state index contributed by atoms with van der Waals surface area (Å²) in [6.07, 6.45) is -0.822. The van der Waals surface area contributed by atoms with Crippen LogP contribution in [-0.4, -0.2) is 62.9 Å². The maximum atomic E-state index is 13.5. The number of carbonyl (C=O) groups excluding carboxylic acids is 1. The van der Waals surface area contributed by atoms with E-state index in [1.54, 1.807) is 6.92 Å². The average molecular weight is 521 g/mol. The molecule has 14 heteroatoms. The summed E-state index contributed by atoms with van der Waals surface area (Å²) in [7, 11) is -10.6. The molecule has 0 spiro atoms. The number of benzene rings is 2. The first kappa shape index (κ1) is 24.3. The molecule has 1 saturated heterocycles. The largest absolute Gasteiger partial charge is 0.534 e. The highest BCUT2D eigenvalue weighted by Gasteiger charge is 2.50. The van der Waals surface area contributed by atoms with Crippen molar-refractivity contribution in [1.29, 1.82) is 0 Å². The molecule has 0 saturated carbocycles. The minimum Gasteiger partial charge on any atom is -0.391 e. The highest BCUT2D eigenvalue weighted by Crippen LogP contribution is 2.40. The Morgan fingerprint density at radius 2 is 1.68 bits per heavy atom. The van der Waals surface area contributed by atoms with E-state index < -0.39 is 61.6 Å². The molecule has 2 aliphatic rings. The van der Waals surface area contributed by atoms with Gasteiger partial charge in [-0.15, -0.1) is 0 Å². The molecule has 9 nitrogen and oxygen atoms in total. The number of carbonyl (C=O) groups is 1. The molecule has 2 atom stereocenters. The third-order valence-electron chi connectivity index (χ3n) is 5.61. The zero-order valence-electron chi connectivity index (χ0n) is 17.6. The number of sulfonamides is 1. The number of aliphatic hydroxyl groups excluding tert-OH is 1. The molecule has 1 amide bonds. The third-order valence-corrected chi connectivity index (χ3v) is 8.34. The van der Waals surface area contributed by atoms with Crippen LogP contribution < -0.4 is 9.08 Å². The monoisotopic (exact) mass is 520 g/mol. The van der Waals surface area contributed by atoms with Crippen LogP contribution in [0, 0.1) is 6.92 Å². The molecule has 0 aliphatic carbocycles. The van der Waals surface area contributed by atoms with E-state index in [2.05, 4.69) is 4.18 Å². The van der Waals surface area contributed by atoms with E-state index in [0.717, 1.165) is 11.6 Å². The lowest BCUT2D eigenvalue weighted by molar-refractivity contribution is -0.0500. The number of alkyl halides is 3. The number of anilines is 1. The van der Waals surface area contributed by atoms with E-state index >= 15 is 0 Å². The zero-order valence-corrected chi connectivity index (χ0v) is 19.2. The van der Waals surface area contributed by atoms with Gasteiger partial charge in [0.05, 0.1) is 29.3 Å². The Balaban J connectivity index is 1.89. The number of aliphatic hydroxyl groups is 1. The molecule has 34 heavy (non-hydrogen) atoms. The lowest BCUT2D eigenvalue weighted by Crippen LogP contribution is -2.43. The molecule has 0 radical (unpaired) electrons. The quantitative estimate of drug-likeness (QED) is 0.480. The van der Waals surface area contributed by atoms with Gasteiger partial charge >= 0.3 is 15.6 Å². The number of halogens is 3. The van der Waals surface area contributed by atoms with Gasteiger partial charge in [-0.1, -0.05) is 23.8 Å². The predicted octanol–water partition coefficient (Wildman–Crippen LogP) is 2.01. The molecule has 0 bridgehead atoms. The van der Waals surface area contributed by atoms with Crippen molar-refractivity contribution in [3.63, 3.8) is 0 Å². The number of amides is 1. The van der Waals surface area contributed by atoms with Crippen LogP contribution in [0.2, 0.25) is 0 Å². The maximum absolute atomic E-state index is 13.5. The van der Waals surface area contributed by atoms with E-state index in [1.165, 1.54) is 41.3 Å². The molecule has 2 aromatic carbocycles. The standard InChI is InChI=1S/C20H19F3N2O7S2/c1-12-5-7-15(8-6-12)33(28,29)25-10-13-9-14(26)11-24(13)16-3-2-4-17(18(16)19(25)27)32-34(30,31)20(21,22)23/h2-8,13-14,26H,9-11H2,1H3/t13-,14+/m0/s1. The van der Waals surface area contributed by atoms with Crippen LogP contribution in [0.15, 0.2) is 47.4 Å². The van der Waals surface area contributed by atoms with Crippen LogP contribution in [0.5, 0.6) is 5.75 Å². The molecule has 184 valence electrons. The minimum absolute atomic E-state index is 0.0389. The third kappa shape index (κ3) is 4.09. The highest BCUT2D eigenvalue weighted by atomic mass is 32.2. The molecule has 1 N–H and O–H groups in total. The SMILES string of the molecule is Cc1ccc(S(=O)(=O)N2C[C@@H]3C[C@@H](O)CN3c3cccc(OS(=O)(=O)C(F)(F)F)c3C2=O)cc1. The molecule has 2 aliphatic heterocycles. The van der Waals surface area contributed by atoms with Gasteiger partial charge in [-0.25, -0.2) is 12.7 Å². The summed E-state index contributed by atoms with van der Waals surface area (Å²) < 4.78 is 93.7. The Morgan fingerprint density at radius 3 is 2.29 bits per heavy atom. The van der Waals surface area contributed by atoms with E-state index in [4.69, 9.17) is 0 Å². The van der Waals surface area contributed by atoms with Gasteiger partial charge in [0, 0.05) is 6.54 Å². The summed E-state index contributed by atoms with van der Waals surface area (Å²) in [6.45, 7) is 1.28. The first-order valence-corrected chi connectivity index (χ1v) is 12.8. The fourth-order valence-corrected chi connectivity index (χ4v) is 5.89. The van der Waals surface area contributed by atoms with Gasteiger partial charge < -0.3 is 14.2 Å². The van der Waals surface area contributed by atoms with Crippen LogP contribution in [0.25, 0.3) is 0 Å². The second kappa shape index (κ2) is 8.13.